The van der Waals surface area contributed by atoms with Gasteiger partial charge < -0.3 is 14.8 Å². The summed E-state index contributed by atoms with van der Waals surface area (Å²) in [7, 11) is 0. The van der Waals surface area contributed by atoms with E-state index < -0.39 is 11.9 Å². The summed E-state index contributed by atoms with van der Waals surface area (Å²) in [6, 6.07) is 1.73. The Kier molecular flexibility index (Phi) is 8.09. The highest BCUT2D eigenvalue weighted by Crippen LogP contribution is 2.30. The third kappa shape index (κ3) is 6.12. The van der Waals surface area contributed by atoms with Gasteiger partial charge >= 0.3 is 11.9 Å². The summed E-state index contributed by atoms with van der Waals surface area (Å²) < 4.78 is 10.1. The van der Waals surface area contributed by atoms with Crippen molar-refractivity contribution in [2.24, 2.45) is 5.92 Å². The predicted octanol–water partition coefficient (Wildman–Crippen LogP) is 3.94. The first kappa shape index (κ1) is 20.4. The van der Waals surface area contributed by atoms with Crippen molar-refractivity contribution in [1.29, 1.82) is 0 Å². The van der Waals surface area contributed by atoms with E-state index in [1.165, 1.54) is 37.0 Å². The molecule has 0 radical (unpaired) electrons. The molecule has 144 valence electrons. The number of amides is 1. The maximum atomic E-state index is 12.1. The fraction of sp³-hybridized carbons (Fsp3) is 0.632. The Balaban J connectivity index is 1.81. The Bertz CT molecular complexity index is 634. The van der Waals surface area contributed by atoms with Gasteiger partial charge in [-0.25, -0.2) is 4.79 Å². The third-order valence-electron chi connectivity index (χ3n) is 4.48. The number of nitrogens with one attached hydrogen (secondary N) is 1. The number of carbonyl (C=O) groups is 3. The second kappa shape index (κ2) is 10.3. The molecule has 1 N–H and O–H groups in total. The summed E-state index contributed by atoms with van der Waals surface area (Å²) in [6.07, 6.45) is 6.79. The van der Waals surface area contributed by atoms with Crippen molar-refractivity contribution in [2.75, 3.05) is 18.5 Å². The number of hydrogen-bond donors (Lipinski definition) is 1. The Hall–Kier alpha value is -1.89. The van der Waals surface area contributed by atoms with Gasteiger partial charge in [-0.2, -0.15) is 0 Å². The third-order valence-corrected chi connectivity index (χ3v) is 5.67. The molecular weight excluding hydrogens is 354 g/mol. The molecule has 1 aromatic rings. The zero-order valence-electron chi connectivity index (χ0n) is 15.5. The van der Waals surface area contributed by atoms with E-state index in [-0.39, 0.29) is 19.2 Å². The first-order valence-electron chi connectivity index (χ1n) is 9.28. The summed E-state index contributed by atoms with van der Waals surface area (Å²) in [4.78, 5) is 36.8. The molecule has 1 heterocycles. The first-order chi connectivity index (χ1) is 12.5. The van der Waals surface area contributed by atoms with Gasteiger partial charge in [0.15, 0.2) is 6.61 Å². The zero-order chi connectivity index (χ0) is 18.9. The van der Waals surface area contributed by atoms with E-state index in [2.05, 4.69) is 5.32 Å². The summed E-state index contributed by atoms with van der Waals surface area (Å²) in [5, 5.41) is 3.10. The molecule has 1 saturated carbocycles. The minimum Gasteiger partial charge on any atom is -0.462 e. The van der Waals surface area contributed by atoms with Crippen LogP contribution in [-0.4, -0.2) is 31.1 Å². The van der Waals surface area contributed by atoms with Crippen molar-refractivity contribution < 1.29 is 23.9 Å². The van der Waals surface area contributed by atoms with Crippen LogP contribution >= 0.6 is 11.3 Å². The highest BCUT2D eigenvalue weighted by Gasteiger charge is 2.20. The Morgan fingerprint density at radius 2 is 1.92 bits per heavy atom. The second-order valence-corrected chi connectivity index (χ2v) is 7.56. The van der Waals surface area contributed by atoms with Crippen LogP contribution < -0.4 is 5.32 Å². The number of aryl methyl sites for hydroxylation is 1. The molecule has 0 spiro atoms. The topological polar surface area (TPSA) is 81.7 Å². The van der Waals surface area contributed by atoms with Gasteiger partial charge in [0.1, 0.15) is 5.00 Å². The highest BCUT2D eigenvalue weighted by atomic mass is 32.1. The van der Waals surface area contributed by atoms with Gasteiger partial charge in [0, 0.05) is 11.3 Å². The molecule has 26 heavy (non-hydrogen) atoms. The maximum absolute atomic E-state index is 12.1. The van der Waals surface area contributed by atoms with Gasteiger partial charge in [0.25, 0.3) is 5.91 Å². The molecule has 0 saturated heterocycles. The first-order valence-corrected chi connectivity index (χ1v) is 10.1. The molecule has 7 heteroatoms. The largest absolute Gasteiger partial charge is 0.462 e. The van der Waals surface area contributed by atoms with Gasteiger partial charge in [-0.05, 0) is 31.7 Å². The van der Waals surface area contributed by atoms with Gasteiger partial charge in [-0.1, -0.05) is 32.6 Å². The minimum absolute atomic E-state index is 0.266. The molecule has 0 bridgehead atoms. The zero-order valence-corrected chi connectivity index (χ0v) is 16.3. The van der Waals surface area contributed by atoms with Crippen LogP contribution in [0.4, 0.5) is 5.00 Å². The molecule has 1 amide bonds. The molecular formula is C19H27NO5S. The molecule has 0 aliphatic heterocycles. The van der Waals surface area contributed by atoms with E-state index in [4.69, 9.17) is 9.47 Å². The molecule has 0 atom stereocenters. The van der Waals surface area contributed by atoms with Crippen molar-refractivity contribution in [2.45, 2.75) is 58.8 Å². The van der Waals surface area contributed by atoms with Gasteiger partial charge in [0.2, 0.25) is 0 Å². The number of carbonyl (C=O) groups excluding carboxylic acids is 3. The van der Waals surface area contributed by atoms with Crippen molar-refractivity contribution in [1.82, 2.24) is 0 Å². The second-order valence-electron chi connectivity index (χ2n) is 6.43. The summed E-state index contributed by atoms with van der Waals surface area (Å²) >= 11 is 1.33. The molecule has 1 aromatic heterocycles. The quantitative estimate of drug-likeness (QED) is 0.655. The molecule has 1 aliphatic carbocycles. The highest BCUT2D eigenvalue weighted by molar-refractivity contribution is 7.16. The van der Waals surface area contributed by atoms with Crippen LogP contribution in [0.2, 0.25) is 0 Å². The van der Waals surface area contributed by atoms with E-state index in [1.807, 2.05) is 6.92 Å². The lowest BCUT2D eigenvalue weighted by molar-refractivity contribution is -0.147. The van der Waals surface area contributed by atoms with E-state index in [0.717, 1.165) is 17.7 Å². The SMILES string of the molecule is CCOC(=O)c1cc(CC)sc1NC(=O)COC(=O)CCC1CCCC1. The molecule has 0 unspecified atom stereocenters. The Morgan fingerprint density at radius 1 is 1.19 bits per heavy atom. The minimum atomic E-state index is -0.465. The summed E-state index contributed by atoms with van der Waals surface area (Å²) in [6.45, 7) is 3.63. The molecule has 1 fully saturated rings. The van der Waals surface area contributed by atoms with Crippen molar-refractivity contribution in [3.63, 3.8) is 0 Å². The lowest BCUT2D eigenvalue weighted by Gasteiger charge is -2.09. The maximum Gasteiger partial charge on any atom is 0.341 e. The Labute approximate surface area is 158 Å². The van der Waals surface area contributed by atoms with Crippen LogP contribution in [0.1, 0.15) is 67.6 Å². The van der Waals surface area contributed by atoms with Crippen LogP contribution in [0.25, 0.3) is 0 Å². The van der Waals surface area contributed by atoms with Crippen LogP contribution in [-0.2, 0) is 25.5 Å². The average molecular weight is 381 g/mol. The number of thiophene rings is 1. The lowest BCUT2D eigenvalue weighted by Crippen LogP contribution is -2.21. The van der Waals surface area contributed by atoms with Crippen LogP contribution in [0.15, 0.2) is 6.07 Å². The Morgan fingerprint density at radius 3 is 2.58 bits per heavy atom. The van der Waals surface area contributed by atoms with Crippen molar-refractivity contribution in [3.05, 3.63) is 16.5 Å². The standard InChI is InChI=1S/C19H27NO5S/c1-3-14-11-15(19(23)24-4-2)18(26-14)20-16(21)12-25-17(22)10-9-13-7-5-6-8-13/h11,13H,3-10,12H2,1-2H3,(H,20,21). The molecule has 1 aliphatic rings. The number of anilines is 1. The number of hydrogen-bond acceptors (Lipinski definition) is 6. The summed E-state index contributed by atoms with van der Waals surface area (Å²) in [5.41, 5.74) is 0.342. The number of rotatable bonds is 9. The van der Waals surface area contributed by atoms with E-state index in [0.29, 0.717) is 22.9 Å². The van der Waals surface area contributed by atoms with Crippen LogP contribution in [0, 0.1) is 5.92 Å². The fourth-order valence-corrected chi connectivity index (χ4v) is 4.07. The van der Waals surface area contributed by atoms with Crippen molar-refractivity contribution in [3.8, 4) is 0 Å². The fourth-order valence-electron chi connectivity index (χ4n) is 3.07. The number of esters is 2. The van der Waals surface area contributed by atoms with Crippen LogP contribution in [0.3, 0.4) is 0 Å². The monoisotopic (exact) mass is 381 g/mol. The van der Waals surface area contributed by atoms with E-state index in [9.17, 15) is 14.4 Å². The predicted molar refractivity (Wildman–Crippen MR) is 100 cm³/mol. The van der Waals surface area contributed by atoms with Gasteiger partial charge in [0.05, 0.1) is 12.2 Å². The van der Waals surface area contributed by atoms with E-state index >= 15 is 0 Å². The normalized spacial score (nSPS) is 14.2. The van der Waals surface area contributed by atoms with E-state index in [1.54, 1.807) is 13.0 Å². The molecule has 2 rings (SSSR count). The molecule has 6 nitrogen and oxygen atoms in total. The lowest BCUT2D eigenvalue weighted by atomic mass is 10.0. The molecule has 0 aromatic carbocycles. The van der Waals surface area contributed by atoms with Gasteiger partial charge in [-0.3, -0.25) is 9.59 Å². The van der Waals surface area contributed by atoms with Gasteiger partial charge in [-0.15, -0.1) is 11.3 Å². The number of ether oxygens (including phenoxy) is 2. The van der Waals surface area contributed by atoms with Crippen molar-refractivity contribution >= 4 is 34.2 Å². The smallest absolute Gasteiger partial charge is 0.341 e. The van der Waals surface area contributed by atoms with Crippen LogP contribution in [0.5, 0.6) is 0 Å². The average Bonchev–Trinajstić information content (AvgIpc) is 3.28. The summed E-state index contributed by atoms with van der Waals surface area (Å²) in [5.74, 6) is -0.651.